The first-order valence-electron chi connectivity index (χ1n) is 5.20. The number of pyridine rings is 1. The van der Waals surface area contributed by atoms with E-state index < -0.39 is 17.4 Å². The van der Waals surface area contributed by atoms with E-state index in [1.54, 1.807) is 6.92 Å². The van der Waals surface area contributed by atoms with Crippen molar-refractivity contribution < 1.29 is 13.6 Å². The van der Waals surface area contributed by atoms with Gasteiger partial charge in [0.25, 0.3) is 0 Å². The molecular weight excluding hydrogens is 238 g/mol. The molecule has 0 aliphatic rings. The van der Waals surface area contributed by atoms with Gasteiger partial charge in [-0.15, -0.1) is 0 Å². The van der Waals surface area contributed by atoms with Crippen LogP contribution in [0.25, 0.3) is 0 Å². The number of aromatic nitrogens is 1. The van der Waals surface area contributed by atoms with Crippen LogP contribution in [0.3, 0.4) is 0 Å². The van der Waals surface area contributed by atoms with E-state index in [2.05, 4.69) is 4.98 Å². The van der Waals surface area contributed by atoms with Crippen molar-refractivity contribution in [2.75, 3.05) is 5.73 Å². The Balaban J connectivity index is 2.51. The van der Waals surface area contributed by atoms with Gasteiger partial charge in [-0.3, -0.25) is 4.79 Å². The minimum atomic E-state index is -0.808. The molecule has 5 heteroatoms. The zero-order valence-electron chi connectivity index (χ0n) is 9.58. The summed E-state index contributed by atoms with van der Waals surface area (Å²) in [5.74, 6) is -2.13. The molecule has 0 aliphatic heterocycles. The molecule has 0 fully saturated rings. The Labute approximate surface area is 102 Å². The van der Waals surface area contributed by atoms with Crippen LogP contribution >= 0.6 is 0 Å². The predicted molar refractivity (Wildman–Crippen MR) is 63.2 cm³/mol. The molecule has 92 valence electrons. The lowest BCUT2D eigenvalue weighted by molar-refractivity contribution is 0.103. The minimum absolute atomic E-state index is 0.0373. The van der Waals surface area contributed by atoms with Gasteiger partial charge < -0.3 is 5.73 Å². The first-order chi connectivity index (χ1) is 8.47. The summed E-state index contributed by atoms with van der Waals surface area (Å²) >= 11 is 0. The normalized spacial score (nSPS) is 10.4. The largest absolute Gasteiger partial charge is 0.383 e. The minimum Gasteiger partial charge on any atom is -0.383 e. The Morgan fingerprint density at radius 1 is 1.17 bits per heavy atom. The number of nitrogens with two attached hydrogens (primary N) is 1. The van der Waals surface area contributed by atoms with E-state index in [-0.39, 0.29) is 16.9 Å². The molecule has 0 amide bonds. The Bertz CT molecular complexity index is 606. The van der Waals surface area contributed by atoms with Crippen LogP contribution in [-0.4, -0.2) is 10.8 Å². The molecule has 0 bridgehead atoms. The van der Waals surface area contributed by atoms with Crippen LogP contribution in [0, 0.1) is 18.6 Å². The zero-order valence-corrected chi connectivity index (χ0v) is 9.58. The number of nitrogens with zero attached hydrogens (tertiary/aromatic N) is 1. The molecule has 2 aromatic rings. The number of halogens is 2. The molecule has 0 saturated heterocycles. The van der Waals surface area contributed by atoms with Crippen LogP contribution in [0.4, 0.5) is 14.6 Å². The van der Waals surface area contributed by atoms with Crippen molar-refractivity contribution in [1.29, 1.82) is 0 Å². The standard InChI is InChI=1S/C13H10F2N2O/c1-7-2-11(13(16)17-6-7)12(18)8-3-9(14)5-10(15)4-8/h2-6H,1H3,(H2,16,17). The summed E-state index contributed by atoms with van der Waals surface area (Å²) < 4.78 is 26.1. The van der Waals surface area contributed by atoms with E-state index >= 15 is 0 Å². The van der Waals surface area contributed by atoms with Crippen molar-refractivity contribution in [2.45, 2.75) is 6.92 Å². The lowest BCUT2D eigenvalue weighted by atomic mass is 10.0. The molecular formula is C13H10F2N2O. The van der Waals surface area contributed by atoms with E-state index in [0.29, 0.717) is 6.07 Å². The van der Waals surface area contributed by atoms with E-state index in [1.165, 1.54) is 12.3 Å². The van der Waals surface area contributed by atoms with Gasteiger partial charge in [0, 0.05) is 17.8 Å². The number of aryl methyl sites for hydroxylation is 1. The van der Waals surface area contributed by atoms with E-state index in [1.807, 2.05) is 0 Å². The molecule has 2 rings (SSSR count). The third-order valence-corrected chi connectivity index (χ3v) is 2.42. The average Bonchev–Trinajstić information content (AvgIpc) is 2.30. The number of anilines is 1. The van der Waals surface area contributed by atoms with Crippen LogP contribution in [0.2, 0.25) is 0 Å². The molecule has 0 atom stereocenters. The van der Waals surface area contributed by atoms with Crippen molar-refractivity contribution in [3.05, 3.63) is 58.8 Å². The van der Waals surface area contributed by atoms with Gasteiger partial charge in [0.1, 0.15) is 17.5 Å². The molecule has 0 saturated carbocycles. The van der Waals surface area contributed by atoms with Crippen molar-refractivity contribution >= 4 is 11.6 Å². The van der Waals surface area contributed by atoms with Gasteiger partial charge in [0.15, 0.2) is 5.78 Å². The van der Waals surface area contributed by atoms with Crippen LogP contribution in [0.15, 0.2) is 30.5 Å². The van der Waals surface area contributed by atoms with Crippen LogP contribution < -0.4 is 5.73 Å². The second kappa shape index (κ2) is 4.52. The number of rotatable bonds is 2. The summed E-state index contributed by atoms with van der Waals surface area (Å²) in [6, 6.07) is 4.17. The Kier molecular flexibility index (Phi) is 3.06. The molecule has 2 N–H and O–H groups in total. The maximum Gasteiger partial charge on any atom is 0.196 e. The molecule has 1 aromatic carbocycles. The van der Waals surface area contributed by atoms with Crippen LogP contribution in [-0.2, 0) is 0 Å². The smallest absolute Gasteiger partial charge is 0.196 e. The van der Waals surface area contributed by atoms with Gasteiger partial charge in [-0.05, 0) is 30.7 Å². The first kappa shape index (κ1) is 12.2. The number of hydrogen-bond acceptors (Lipinski definition) is 3. The fourth-order valence-electron chi connectivity index (χ4n) is 1.60. The second-order valence-electron chi connectivity index (χ2n) is 3.93. The topological polar surface area (TPSA) is 56.0 Å². The quantitative estimate of drug-likeness (QED) is 0.830. The summed E-state index contributed by atoms with van der Waals surface area (Å²) in [5.41, 5.74) is 6.37. The maximum atomic E-state index is 13.0. The number of ketones is 1. The molecule has 3 nitrogen and oxygen atoms in total. The summed E-state index contributed by atoms with van der Waals surface area (Å²) in [6.45, 7) is 1.75. The molecule has 0 spiro atoms. The summed E-state index contributed by atoms with van der Waals surface area (Å²) in [4.78, 5) is 15.9. The van der Waals surface area contributed by atoms with Gasteiger partial charge in [-0.25, -0.2) is 13.8 Å². The molecule has 1 heterocycles. The molecule has 0 unspecified atom stereocenters. The summed E-state index contributed by atoms with van der Waals surface area (Å²) in [5, 5.41) is 0. The first-order valence-corrected chi connectivity index (χ1v) is 5.20. The highest BCUT2D eigenvalue weighted by atomic mass is 19.1. The van der Waals surface area contributed by atoms with Crippen LogP contribution in [0.1, 0.15) is 21.5 Å². The van der Waals surface area contributed by atoms with Crippen molar-refractivity contribution in [2.24, 2.45) is 0 Å². The summed E-state index contributed by atoms with van der Waals surface area (Å²) in [7, 11) is 0. The van der Waals surface area contributed by atoms with Crippen molar-refractivity contribution in [1.82, 2.24) is 4.98 Å². The number of carbonyl (C=O) groups excluding carboxylic acids is 1. The predicted octanol–water partition coefficient (Wildman–Crippen LogP) is 2.48. The van der Waals surface area contributed by atoms with Crippen LogP contribution in [0.5, 0.6) is 0 Å². The number of hydrogen-bond donors (Lipinski definition) is 1. The fraction of sp³-hybridized carbons (Fsp3) is 0.0769. The van der Waals surface area contributed by atoms with Gasteiger partial charge in [-0.2, -0.15) is 0 Å². The van der Waals surface area contributed by atoms with E-state index in [0.717, 1.165) is 17.7 Å². The van der Waals surface area contributed by atoms with E-state index in [4.69, 9.17) is 5.73 Å². The number of nitrogen functional groups attached to an aromatic ring is 1. The Morgan fingerprint density at radius 3 is 2.39 bits per heavy atom. The number of carbonyl (C=O) groups is 1. The van der Waals surface area contributed by atoms with E-state index in [9.17, 15) is 13.6 Å². The SMILES string of the molecule is Cc1cnc(N)c(C(=O)c2cc(F)cc(F)c2)c1. The summed E-state index contributed by atoms with van der Waals surface area (Å²) in [6.07, 6.45) is 1.51. The lowest BCUT2D eigenvalue weighted by Gasteiger charge is -2.05. The molecule has 0 aliphatic carbocycles. The van der Waals surface area contributed by atoms with Crippen molar-refractivity contribution in [3.63, 3.8) is 0 Å². The van der Waals surface area contributed by atoms with Crippen molar-refractivity contribution in [3.8, 4) is 0 Å². The van der Waals surface area contributed by atoms with Gasteiger partial charge in [0.05, 0.1) is 5.56 Å². The monoisotopic (exact) mass is 248 g/mol. The third-order valence-electron chi connectivity index (χ3n) is 2.42. The van der Waals surface area contributed by atoms with Gasteiger partial charge >= 0.3 is 0 Å². The highest BCUT2D eigenvalue weighted by molar-refractivity contribution is 6.11. The molecule has 18 heavy (non-hydrogen) atoms. The Morgan fingerprint density at radius 2 is 1.78 bits per heavy atom. The number of benzene rings is 1. The van der Waals surface area contributed by atoms with Gasteiger partial charge in [-0.1, -0.05) is 0 Å². The molecule has 0 radical (unpaired) electrons. The second-order valence-corrected chi connectivity index (χ2v) is 3.93. The van der Waals surface area contributed by atoms with Gasteiger partial charge in [0.2, 0.25) is 0 Å². The average molecular weight is 248 g/mol. The fourth-order valence-corrected chi connectivity index (χ4v) is 1.60. The third kappa shape index (κ3) is 2.34. The lowest BCUT2D eigenvalue weighted by Crippen LogP contribution is -2.08. The zero-order chi connectivity index (χ0) is 13.3. The molecule has 1 aromatic heterocycles. The highest BCUT2D eigenvalue weighted by Crippen LogP contribution is 2.17. The maximum absolute atomic E-state index is 13.0. The highest BCUT2D eigenvalue weighted by Gasteiger charge is 2.15. The Hall–Kier alpha value is -2.30.